The average molecular weight is 268 g/mol. The molecule has 0 aliphatic rings. The predicted molar refractivity (Wildman–Crippen MR) is 72.5 cm³/mol. The first-order valence-electron chi connectivity index (χ1n) is 6.16. The first kappa shape index (κ1) is 15.4. The molecule has 1 rings (SSSR count). The van der Waals surface area contributed by atoms with Crippen molar-refractivity contribution in [3.05, 3.63) is 35.1 Å². The maximum atomic E-state index is 13.8. The Morgan fingerprint density at radius 2 is 2.05 bits per heavy atom. The fourth-order valence-corrected chi connectivity index (χ4v) is 1.61. The molecule has 0 aliphatic heterocycles. The van der Waals surface area contributed by atoms with Crippen molar-refractivity contribution < 1.29 is 14.3 Å². The number of carboxylic acid groups (broad SMARTS) is 1. The topological polar surface area (TPSA) is 52.6 Å². The molecule has 0 saturated heterocycles. The van der Waals surface area contributed by atoms with Gasteiger partial charge in [0, 0.05) is 24.2 Å². The third kappa shape index (κ3) is 4.52. The molecule has 106 valence electrons. The number of hydrogen-bond donors (Lipinski definition) is 2. The Labute approximate surface area is 113 Å². The first-order valence-corrected chi connectivity index (χ1v) is 6.16. The Balaban J connectivity index is 2.94. The van der Waals surface area contributed by atoms with E-state index in [9.17, 15) is 9.18 Å². The Hall–Kier alpha value is -1.62. The van der Waals surface area contributed by atoms with Gasteiger partial charge in [0.25, 0.3) is 0 Å². The molecule has 0 saturated carbocycles. The standard InChI is InChI=1S/C14H21FN2O2/c1-14(2,3)17(4)9-10-6-5-7-12(15)11(10)8-16-13(18)19/h5-7,16H,8-9H2,1-4H3,(H,18,19). The lowest BCUT2D eigenvalue weighted by molar-refractivity contribution is 0.166. The van der Waals surface area contributed by atoms with Gasteiger partial charge in [-0.2, -0.15) is 0 Å². The molecule has 1 aromatic rings. The number of halogens is 1. The van der Waals surface area contributed by atoms with E-state index in [2.05, 4.69) is 31.0 Å². The number of carbonyl (C=O) groups is 1. The van der Waals surface area contributed by atoms with E-state index in [1.165, 1.54) is 6.07 Å². The predicted octanol–water partition coefficient (Wildman–Crippen LogP) is 2.82. The molecule has 2 N–H and O–H groups in total. The van der Waals surface area contributed by atoms with E-state index >= 15 is 0 Å². The highest BCUT2D eigenvalue weighted by Gasteiger charge is 2.19. The molecular weight excluding hydrogens is 247 g/mol. The molecule has 0 aliphatic carbocycles. The molecule has 0 fully saturated rings. The first-order chi connectivity index (χ1) is 8.71. The summed E-state index contributed by atoms with van der Waals surface area (Å²) in [6, 6.07) is 4.81. The molecule has 0 heterocycles. The highest BCUT2D eigenvalue weighted by Crippen LogP contribution is 2.19. The summed E-state index contributed by atoms with van der Waals surface area (Å²) in [7, 11) is 1.96. The molecule has 0 spiro atoms. The third-order valence-electron chi connectivity index (χ3n) is 3.18. The van der Waals surface area contributed by atoms with Crippen LogP contribution < -0.4 is 5.32 Å². The van der Waals surface area contributed by atoms with E-state index in [1.807, 2.05) is 13.1 Å². The fourth-order valence-electron chi connectivity index (χ4n) is 1.61. The van der Waals surface area contributed by atoms with Gasteiger partial charge in [-0.15, -0.1) is 0 Å². The van der Waals surface area contributed by atoms with Gasteiger partial charge in [0.05, 0.1) is 0 Å². The Morgan fingerprint density at radius 3 is 2.58 bits per heavy atom. The zero-order chi connectivity index (χ0) is 14.6. The number of nitrogens with one attached hydrogen (secondary N) is 1. The molecule has 0 atom stereocenters. The summed E-state index contributed by atoms with van der Waals surface area (Å²) in [5.74, 6) is -0.381. The van der Waals surface area contributed by atoms with E-state index in [-0.39, 0.29) is 17.9 Å². The van der Waals surface area contributed by atoms with E-state index in [1.54, 1.807) is 6.07 Å². The molecule has 0 bridgehead atoms. The normalized spacial score (nSPS) is 11.7. The van der Waals surface area contributed by atoms with Crippen LogP contribution >= 0.6 is 0 Å². The van der Waals surface area contributed by atoms with Gasteiger partial charge in [-0.05, 0) is 39.4 Å². The minimum absolute atomic E-state index is 0.0185. The van der Waals surface area contributed by atoms with Crippen molar-refractivity contribution in [2.24, 2.45) is 0 Å². The summed E-state index contributed by atoms with van der Waals surface area (Å²) in [6.45, 7) is 6.76. The van der Waals surface area contributed by atoms with Crippen LogP contribution in [-0.4, -0.2) is 28.7 Å². The van der Waals surface area contributed by atoms with E-state index in [0.29, 0.717) is 12.1 Å². The molecule has 1 amide bonds. The second-order valence-electron chi connectivity index (χ2n) is 5.56. The van der Waals surface area contributed by atoms with E-state index in [0.717, 1.165) is 5.56 Å². The van der Waals surface area contributed by atoms with Crippen LogP contribution in [0.5, 0.6) is 0 Å². The number of rotatable bonds is 4. The van der Waals surface area contributed by atoms with Crippen molar-refractivity contribution in [3.8, 4) is 0 Å². The van der Waals surface area contributed by atoms with Gasteiger partial charge < -0.3 is 10.4 Å². The Bertz CT molecular complexity index is 455. The average Bonchev–Trinajstić information content (AvgIpc) is 2.26. The highest BCUT2D eigenvalue weighted by atomic mass is 19.1. The second kappa shape index (κ2) is 6.02. The minimum atomic E-state index is -1.15. The van der Waals surface area contributed by atoms with Gasteiger partial charge in [-0.25, -0.2) is 9.18 Å². The summed E-state index contributed by atoms with van der Waals surface area (Å²) in [4.78, 5) is 12.6. The van der Waals surface area contributed by atoms with Crippen LogP contribution in [0.2, 0.25) is 0 Å². The zero-order valence-corrected chi connectivity index (χ0v) is 11.8. The minimum Gasteiger partial charge on any atom is -0.465 e. The summed E-state index contributed by atoms with van der Waals surface area (Å²) < 4.78 is 13.8. The SMILES string of the molecule is CN(Cc1cccc(F)c1CNC(=O)O)C(C)(C)C. The largest absolute Gasteiger partial charge is 0.465 e. The molecule has 0 aromatic heterocycles. The third-order valence-corrected chi connectivity index (χ3v) is 3.18. The summed E-state index contributed by atoms with van der Waals surface area (Å²) >= 11 is 0. The van der Waals surface area contributed by atoms with Crippen molar-refractivity contribution in [2.45, 2.75) is 39.4 Å². The van der Waals surface area contributed by atoms with Crippen molar-refractivity contribution in [1.82, 2.24) is 10.2 Å². The fraction of sp³-hybridized carbons (Fsp3) is 0.500. The second-order valence-corrected chi connectivity index (χ2v) is 5.56. The maximum Gasteiger partial charge on any atom is 0.404 e. The van der Waals surface area contributed by atoms with E-state index in [4.69, 9.17) is 5.11 Å². The maximum absolute atomic E-state index is 13.8. The van der Waals surface area contributed by atoms with Crippen LogP contribution in [0.1, 0.15) is 31.9 Å². The Morgan fingerprint density at radius 1 is 1.42 bits per heavy atom. The van der Waals surface area contributed by atoms with Crippen LogP contribution in [-0.2, 0) is 13.1 Å². The van der Waals surface area contributed by atoms with Gasteiger partial charge >= 0.3 is 6.09 Å². The van der Waals surface area contributed by atoms with Crippen molar-refractivity contribution in [3.63, 3.8) is 0 Å². The number of nitrogens with zero attached hydrogens (tertiary/aromatic N) is 1. The quantitative estimate of drug-likeness (QED) is 0.883. The molecule has 0 radical (unpaired) electrons. The van der Waals surface area contributed by atoms with Gasteiger partial charge in [-0.1, -0.05) is 12.1 Å². The molecule has 0 unspecified atom stereocenters. The molecule has 19 heavy (non-hydrogen) atoms. The number of hydrogen-bond acceptors (Lipinski definition) is 2. The Kier molecular flexibility index (Phi) is 4.89. The summed E-state index contributed by atoms with van der Waals surface area (Å²) in [5, 5.41) is 10.8. The monoisotopic (exact) mass is 268 g/mol. The van der Waals surface area contributed by atoms with Crippen LogP contribution in [0.25, 0.3) is 0 Å². The van der Waals surface area contributed by atoms with Gasteiger partial charge in [-0.3, -0.25) is 4.90 Å². The smallest absolute Gasteiger partial charge is 0.404 e. The number of benzene rings is 1. The molecule has 1 aromatic carbocycles. The van der Waals surface area contributed by atoms with Crippen LogP contribution in [0.3, 0.4) is 0 Å². The van der Waals surface area contributed by atoms with E-state index < -0.39 is 6.09 Å². The van der Waals surface area contributed by atoms with Crippen LogP contribution in [0.4, 0.5) is 9.18 Å². The van der Waals surface area contributed by atoms with Crippen molar-refractivity contribution in [1.29, 1.82) is 0 Å². The lowest BCUT2D eigenvalue weighted by Crippen LogP contribution is -2.37. The molecular formula is C14H21FN2O2. The van der Waals surface area contributed by atoms with Crippen LogP contribution in [0.15, 0.2) is 18.2 Å². The summed E-state index contributed by atoms with van der Waals surface area (Å²) in [6.07, 6.45) is -1.15. The van der Waals surface area contributed by atoms with Crippen molar-refractivity contribution in [2.75, 3.05) is 7.05 Å². The van der Waals surface area contributed by atoms with Crippen LogP contribution in [0, 0.1) is 5.82 Å². The van der Waals surface area contributed by atoms with Gasteiger partial charge in [0.1, 0.15) is 5.82 Å². The number of amides is 1. The van der Waals surface area contributed by atoms with Gasteiger partial charge in [0.2, 0.25) is 0 Å². The lowest BCUT2D eigenvalue weighted by atomic mass is 10.0. The zero-order valence-electron chi connectivity index (χ0n) is 11.8. The van der Waals surface area contributed by atoms with Gasteiger partial charge in [0.15, 0.2) is 0 Å². The summed E-state index contributed by atoms with van der Waals surface area (Å²) in [5.41, 5.74) is 1.16. The molecule has 4 nitrogen and oxygen atoms in total. The van der Waals surface area contributed by atoms with Crippen molar-refractivity contribution >= 4 is 6.09 Å². The molecule has 5 heteroatoms. The lowest BCUT2D eigenvalue weighted by Gasteiger charge is -2.32. The highest BCUT2D eigenvalue weighted by molar-refractivity contribution is 5.64.